The molecule has 1 aliphatic rings. The first-order valence-corrected chi connectivity index (χ1v) is 8.60. The summed E-state index contributed by atoms with van der Waals surface area (Å²) in [4.78, 5) is 27.7. The average molecular weight is 354 g/mol. The molecular weight excluding hydrogens is 331 g/mol. The molecule has 5 heteroatoms. The number of nitrogens with zero attached hydrogens (tertiary/aromatic N) is 2. The Morgan fingerprint density at radius 2 is 1.69 bits per heavy atom. The Labute approximate surface area is 153 Å². The Morgan fingerprint density at radius 1 is 1.04 bits per heavy atom. The van der Waals surface area contributed by atoms with Gasteiger partial charge in [0.15, 0.2) is 0 Å². The molecule has 0 aromatic heterocycles. The summed E-state index contributed by atoms with van der Waals surface area (Å²) < 4.78 is 13.4. The van der Waals surface area contributed by atoms with E-state index in [-0.39, 0.29) is 17.6 Å². The molecule has 1 heterocycles. The van der Waals surface area contributed by atoms with Crippen LogP contribution in [-0.2, 0) is 16.8 Å². The SMILES string of the molecule is CN(Cc1ccc(C(C)(C)C)cc1)CN1C(=O)C(=O)c2cc(F)ccc21. The van der Waals surface area contributed by atoms with Crippen molar-refractivity contribution >= 4 is 17.4 Å². The molecular formula is C21H23FN2O2. The second-order valence-electron chi connectivity index (χ2n) is 7.83. The molecule has 1 amide bonds. The molecule has 0 aliphatic carbocycles. The van der Waals surface area contributed by atoms with Crippen molar-refractivity contribution in [3.8, 4) is 0 Å². The normalized spacial score (nSPS) is 14.3. The summed E-state index contributed by atoms with van der Waals surface area (Å²) in [6.07, 6.45) is 0. The lowest BCUT2D eigenvalue weighted by Crippen LogP contribution is -2.38. The van der Waals surface area contributed by atoms with Crippen molar-refractivity contribution in [2.75, 3.05) is 18.6 Å². The minimum absolute atomic E-state index is 0.103. The molecule has 2 aromatic rings. The Balaban J connectivity index is 1.72. The van der Waals surface area contributed by atoms with Gasteiger partial charge in [0.25, 0.3) is 5.78 Å². The summed E-state index contributed by atoms with van der Waals surface area (Å²) in [6.45, 7) is 7.42. The molecule has 0 fully saturated rings. The van der Waals surface area contributed by atoms with Crippen LogP contribution < -0.4 is 4.90 Å². The number of rotatable bonds is 4. The number of ketones is 1. The standard InChI is InChI=1S/C21H23FN2O2/c1-21(2,3)15-7-5-14(6-8-15)12-23(4)13-24-18-10-9-16(22)11-17(18)19(25)20(24)26/h5-11H,12-13H2,1-4H3. The van der Waals surface area contributed by atoms with Crippen LogP contribution in [0.1, 0.15) is 42.3 Å². The largest absolute Gasteiger partial charge is 0.300 e. The number of halogens is 1. The van der Waals surface area contributed by atoms with Crippen LogP contribution in [0.15, 0.2) is 42.5 Å². The van der Waals surface area contributed by atoms with Gasteiger partial charge in [0.2, 0.25) is 0 Å². The highest BCUT2D eigenvalue weighted by atomic mass is 19.1. The molecule has 136 valence electrons. The summed E-state index contributed by atoms with van der Waals surface area (Å²) in [5, 5.41) is 0. The van der Waals surface area contributed by atoms with E-state index in [2.05, 4.69) is 45.0 Å². The molecule has 0 spiro atoms. The van der Waals surface area contributed by atoms with Gasteiger partial charge in [-0.1, -0.05) is 45.0 Å². The summed E-state index contributed by atoms with van der Waals surface area (Å²) in [5.74, 6) is -1.78. The minimum Gasteiger partial charge on any atom is -0.291 e. The van der Waals surface area contributed by atoms with Crippen molar-refractivity contribution in [3.05, 3.63) is 65.0 Å². The van der Waals surface area contributed by atoms with E-state index in [1.807, 2.05) is 11.9 Å². The van der Waals surface area contributed by atoms with E-state index in [0.29, 0.717) is 12.2 Å². The number of fused-ring (bicyclic) bond motifs is 1. The van der Waals surface area contributed by atoms with Crippen molar-refractivity contribution in [2.24, 2.45) is 0 Å². The molecule has 0 N–H and O–H groups in total. The fourth-order valence-corrected chi connectivity index (χ4v) is 3.13. The lowest BCUT2D eigenvalue weighted by atomic mass is 9.87. The lowest BCUT2D eigenvalue weighted by Gasteiger charge is -2.25. The molecule has 4 nitrogen and oxygen atoms in total. The van der Waals surface area contributed by atoms with E-state index < -0.39 is 17.5 Å². The van der Waals surface area contributed by atoms with Crippen LogP contribution in [0.25, 0.3) is 0 Å². The second-order valence-corrected chi connectivity index (χ2v) is 7.83. The highest BCUT2D eigenvalue weighted by molar-refractivity contribution is 6.52. The van der Waals surface area contributed by atoms with E-state index in [1.54, 1.807) is 0 Å². The highest BCUT2D eigenvalue weighted by Gasteiger charge is 2.36. The molecule has 0 saturated carbocycles. The van der Waals surface area contributed by atoms with Crippen molar-refractivity contribution in [1.82, 2.24) is 4.90 Å². The van der Waals surface area contributed by atoms with Crippen LogP contribution in [0.4, 0.5) is 10.1 Å². The Morgan fingerprint density at radius 3 is 2.31 bits per heavy atom. The molecule has 26 heavy (non-hydrogen) atoms. The maximum absolute atomic E-state index is 13.4. The third-order valence-electron chi connectivity index (χ3n) is 4.59. The van der Waals surface area contributed by atoms with Gasteiger partial charge in [-0.25, -0.2) is 4.39 Å². The van der Waals surface area contributed by atoms with Gasteiger partial charge in [-0.2, -0.15) is 0 Å². The van der Waals surface area contributed by atoms with Gasteiger partial charge < -0.3 is 0 Å². The van der Waals surface area contributed by atoms with E-state index in [1.165, 1.54) is 22.6 Å². The summed E-state index contributed by atoms with van der Waals surface area (Å²) in [5.41, 5.74) is 3.10. The summed E-state index contributed by atoms with van der Waals surface area (Å²) in [7, 11) is 1.89. The number of benzene rings is 2. The van der Waals surface area contributed by atoms with Crippen LogP contribution >= 0.6 is 0 Å². The molecule has 1 aliphatic heterocycles. The van der Waals surface area contributed by atoms with Crippen molar-refractivity contribution < 1.29 is 14.0 Å². The molecule has 3 rings (SSSR count). The van der Waals surface area contributed by atoms with Crippen LogP contribution in [-0.4, -0.2) is 30.3 Å². The van der Waals surface area contributed by atoms with E-state index >= 15 is 0 Å². The first kappa shape index (κ1) is 18.3. The van der Waals surface area contributed by atoms with E-state index in [9.17, 15) is 14.0 Å². The van der Waals surface area contributed by atoms with Gasteiger partial charge in [-0.05, 0) is 41.8 Å². The summed E-state index contributed by atoms with van der Waals surface area (Å²) >= 11 is 0. The van der Waals surface area contributed by atoms with Crippen LogP contribution in [0.3, 0.4) is 0 Å². The molecule has 0 atom stereocenters. The van der Waals surface area contributed by atoms with Gasteiger partial charge in [0.1, 0.15) is 5.82 Å². The predicted molar refractivity (Wildman–Crippen MR) is 99.7 cm³/mol. The maximum Gasteiger partial charge on any atom is 0.300 e. The van der Waals surface area contributed by atoms with Crippen molar-refractivity contribution in [2.45, 2.75) is 32.7 Å². The van der Waals surface area contributed by atoms with Crippen LogP contribution in [0.2, 0.25) is 0 Å². The number of hydrogen-bond donors (Lipinski definition) is 0. The topological polar surface area (TPSA) is 40.6 Å². The zero-order chi connectivity index (χ0) is 19.1. The molecule has 0 saturated heterocycles. The van der Waals surface area contributed by atoms with Gasteiger partial charge in [-0.15, -0.1) is 0 Å². The molecule has 0 unspecified atom stereocenters. The average Bonchev–Trinajstić information content (AvgIpc) is 2.79. The number of amides is 1. The maximum atomic E-state index is 13.4. The fraction of sp³-hybridized carbons (Fsp3) is 0.333. The Kier molecular flexibility index (Phi) is 4.67. The molecule has 2 aromatic carbocycles. The van der Waals surface area contributed by atoms with Gasteiger partial charge in [0, 0.05) is 6.54 Å². The fourth-order valence-electron chi connectivity index (χ4n) is 3.13. The van der Waals surface area contributed by atoms with Crippen molar-refractivity contribution in [1.29, 1.82) is 0 Å². The summed E-state index contributed by atoms with van der Waals surface area (Å²) in [6, 6.07) is 12.3. The lowest BCUT2D eigenvalue weighted by molar-refractivity contribution is -0.114. The quantitative estimate of drug-likeness (QED) is 0.786. The molecule has 0 bridgehead atoms. The molecule has 0 radical (unpaired) electrons. The van der Waals surface area contributed by atoms with Gasteiger partial charge in [-0.3, -0.25) is 19.4 Å². The van der Waals surface area contributed by atoms with E-state index in [0.717, 1.165) is 11.6 Å². The first-order chi connectivity index (χ1) is 12.2. The predicted octanol–water partition coefficient (Wildman–Crippen LogP) is 3.74. The van der Waals surface area contributed by atoms with Crippen molar-refractivity contribution in [3.63, 3.8) is 0 Å². The third kappa shape index (κ3) is 3.53. The van der Waals surface area contributed by atoms with Gasteiger partial charge >= 0.3 is 5.91 Å². The van der Waals surface area contributed by atoms with Gasteiger partial charge in [0.05, 0.1) is 17.9 Å². The van der Waals surface area contributed by atoms with Crippen LogP contribution in [0, 0.1) is 5.82 Å². The van der Waals surface area contributed by atoms with E-state index in [4.69, 9.17) is 0 Å². The first-order valence-electron chi connectivity index (χ1n) is 8.60. The number of carbonyl (C=O) groups excluding carboxylic acids is 2. The minimum atomic E-state index is -0.651. The Hall–Kier alpha value is -2.53. The zero-order valence-corrected chi connectivity index (χ0v) is 15.5. The monoisotopic (exact) mass is 354 g/mol. The Bertz CT molecular complexity index is 853. The number of anilines is 1. The zero-order valence-electron chi connectivity index (χ0n) is 15.5. The second kappa shape index (κ2) is 6.65. The van der Waals surface area contributed by atoms with Crippen LogP contribution in [0.5, 0.6) is 0 Å². The highest BCUT2D eigenvalue weighted by Crippen LogP contribution is 2.29. The third-order valence-corrected chi connectivity index (χ3v) is 4.59. The number of carbonyl (C=O) groups is 2. The number of hydrogen-bond acceptors (Lipinski definition) is 3. The number of Topliss-reactive ketones (excluding diaryl/α,β-unsaturated/α-hetero) is 1. The smallest absolute Gasteiger partial charge is 0.291 e.